The zero-order valence-electron chi connectivity index (χ0n) is 25.1. The second kappa shape index (κ2) is 8.94. The predicted octanol–water partition coefficient (Wildman–Crippen LogP) is 12.3. The van der Waals surface area contributed by atoms with Gasteiger partial charge in [0.1, 0.15) is 0 Å². The van der Waals surface area contributed by atoms with E-state index in [1.54, 1.807) is 0 Å². The van der Waals surface area contributed by atoms with Crippen LogP contribution in [0.4, 0.5) is 0 Å². The third kappa shape index (κ3) is 3.32. The summed E-state index contributed by atoms with van der Waals surface area (Å²) in [5, 5.41) is 7.96. The minimum absolute atomic E-state index is 0.0686. The minimum Gasteiger partial charge on any atom is -0.308 e. The molecule has 45 heavy (non-hydrogen) atoms. The van der Waals surface area contributed by atoms with Crippen LogP contribution in [0.15, 0.2) is 140 Å². The van der Waals surface area contributed by atoms with Crippen LogP contribution < -0.4 is 0 Å². The average Bonchev–Trinajstić information content (AvgIpc) is 3.71. The highest BCUT2D eigenvalue weighted by atomic mass is 32.1. The van der Waals surface area contributed by atoms with Crippen LogP contribution in [0.5, 0.6) is 0 Å². The molecule has 0 aliphatic heterocycles. The number of hydrogen-bond acceptors (Lipinski definition) is 1. The van der Waals surface area contributed by atoms with E-state index in [0.717, 1.165) is 0 Å². The maximum absolute atomic E-state index is 2.56. The van der Waals surface area contributed by atoms with Gasteiger partial charge in [-0.3, -0.25) is 0 Å². The molecule has 7 aromatic carbocycles. The molecule has 0 saturated heterocycles. The maximum Gasteiger partial charge on any atom is 0.0726 e. The van der Waals surface area contributed by atoms with E-state index in [1.165, 1.54) is 91.8 Å². The lowest BCUT2D eigenvalue weighted by atomic mass is 9.82. The van der Waals surface area contributed by atoms with E-state index >= 15 is 0 Å². The second-order valence-corrected chi connectivity index (χ2v) is 14.0. The number of benzene rings is 7. The average molecular weight is 592 g/mol. The molecule has 0 radical (unpaired) electrons. The minimum atomic E-state index is -0.0686. The first-order valence-corrected chi connectivity index (χ1v) is 16.5. The molecule has 1 nitrogen and oxygen atoms in total. The largest absolute Gasteiger partial charge is 0.308 e. The topological polar surface area (TPSA) is 4.93 Å². The van der Waals surface area contributed by atoms with E-state index < -0.39 is 0 Å². The van der Waals surface area contributed by atoms with Crippen molar-refractivity contribution in [3.63, 3.8) is 0 Å². The van der Waals surface area contributed by atoms with Gasteiger partial charge in [-0.2, -0.15) is 0 Å². The van der Waals surface area contributed by atoms with Gasteiger partial charge in [-0.1, -0.05) is 123 Å². The molecule has 10 rings (SSSR count). The molecule has 0 saturated carbocycles. The Hall–Kier alpha value is -5.18. The van der Waals surface area contributed by atoms with Crippen LogP contribution >= 0.6 is 11.3 Å². The van der Waals surface area contributed by atoms with Crippen molar-refractivity contribution in [2.75, 3.05) is 0 Å². The van der Waals surface area contributed by atoms with E-state index in [0.29, 0.717) is 0 Å². The molecule has 2 heterocycles. The maximum atomic E-state index is 2.56. The van der Waals surface area contributed by atoms with Crippen molar-refractivity contribution in [1.29, 1.82) is 0 Å². The van der Waals surface area contributed by atoms with E-state index in [1.807, 2.05) is 11.3 Å². The van der Waals surface area contributed by atoms with Crippen LogP contribution in [0.3, 0.4) is 0 Å². The molecule has 0 fully saturated rings. The molecule has 0 N–H and O–H groups in total. The Morgan fingerprint density at radius 1 is 0.511 bits per heavy atom. The SMILES string of the molecule is CC1(C)c2ccccc2-c2ccc(-n3c4ccc(-c5ccccc5)cc4c4c5ccccc5c5c6ccccc6sc5c43)cc21. The number of nitrogens with zero attached hydrogens (tertiary/aromatic N) is 1. The van der Waals surface area contributed by atoms with Crippen LogP contribution in [0.1, 0.15) is 25.0 Å². The number of hydrogen-bond donors (Lipinski definition) is 0. The van der Waals surface area contributed by atoms with Gasteiger partial charge >= 0.3 is 0 Å². The van der Waals surface area contributed by atoms with Gasteiger partial charge in [-0.15, -0.1) is 11.3 Å². The molecule has 9 aromatic rings. The highest BCUT2D eigenvalue weighted by molar-refractivity contribution is 7.27. The van der Waals surface area contributed by atoms with Gasteiger partial charge in [0, 0.05) is 37.3 Å². The monoisotopic (exact) mass is 591 g/mol. The van der Waals surface area contributed by atoms with Crippen molar-refractivity contribution in [2.24, 2.45) is 0 Å². The van der Waals surface area contributed by atoms with Crippen LogP contribution in [-0.4, -0.2) is 4.57 Å². The summed E-state index contributed by atoms with van der Waals surface area (Å²) in [5.41, 5.74) is 11.7. The van der Waals surface area contributed by atoms with Crippen LogP contribution in [0.2, 0.25) is 0 Å². The molecular formula is C43H29NS. The summed E-state index contributed by atoms with van der Waals surface area (Å²) in [6.45, 7) is 4.74. The van der Waals surface area contributed by atoms with E-state index in [4.69, 9.17) is 0 Å². The van der Waals surface area contributed by atoms with Crippen molar-refractivity contribution in [3.05, 3.63) is 151 Å². The smallest absolute Gasteiger partial charge is 0.0726 e. The molecule has 0 spiro atoms. The van der Waals surface area contributed by atoms with Crippen molar-refractivity contribution in [2.45, 2.75) is 19.3 Å². The van der Waals surface area contributed by atoms with Crippen molar-refractivity contribution in [1.82, 2.24) is 4.57 Å². The highest BCUT2D eigenvalue weighted by Gasteiger charge is 2.35. The lowest BCUT2D eigenvalue weighted by molar-refractivity contribution is 0.660. The van der Waals surface area contributed by atoms with Gasteiger partial charge in [0.2, 0.25) is 0 Å². The number of fused-ring (bicyclic) bond motifs is 13. The van der Waals surface area contributed by atoms with Gasteiger partial charge in [0.25, 0.3) is 0 Å². The van der Waals surface area contributed by atoms with Gasteiger partial charge in [0.05, 0.1) is 15.7 Å². The number of rotatable bonds is 2. The summed E-state index contributed by atoms with van der Waals surface area (Å²) < 4.78 is 5.24. The molecule has 0 bridgehead atoms. The molecule has 1 aliphatic carbocycles. The Morgan fingerprint density at radius 2 is 1.20 bits per heavy atom. The Morgan fingerprint density at radius 3 is 2.04 bits per heavy atom. The molecule has 212 valence electrons. The summed E-state index contributed by atoms with van der Waals surface area (Å²) >= 11 is 1.92. The lowest BCUT2D eigenvalue weighted by Crippen LogP contribution is -2.15. The molecule has 1 aliphatic rings. The lowest BCUT2D eigenvalue weighted by Gasteiger charge is -2.22. The first-order valence-electron chi connectivity index (χ1n) is 15.7. The van der Waals surface area contributed by atoms with Gasteiger partial charge < -0.3 is 4.57 Å². The van der Waals surface area contributed by atoms with E-state index in [9.17, 15) is 0 Å². The van der Waals surface area contributed by atoms with Crippen LogP contribution in [0, 0.1) is 0 Å². The molecule has 0 unspecified atom stereocenters. The first kappa shape index (κ1) is 25.2. The zero-order chi connectivity index (χ0) is 29.9. The van der Waals surface area contributed by atoms with Gasteiger partial charge in [-0.05, 0) is 74.5 Å². The Balaban J connectivity index is 1.39. The Kier molecular flexibility index (Phi) is 5.00. The van der Waals surface area contributed by atoms with Gasteiger partial charge in [-0.25, -0.2) is 0 Å². The van der Waals surface area contributed by atoms with E-state index in [-0.39, 0.29) is 5.41 Å². The standard InChI is InChI=1S/C43H29NS/c1-43(2)35-18-10-8-14-29(35)30-22-21-28(25-36(30)43)44-37-23-20-27(26-12-4-3-5-13-26)24-34(37)39-31-15-6-7-16-32(31)40-33-17-9-11-19-38(33)45-42(40)41(39)44/h3-25H,1-2H3. The third-order valence-corrected chi connectivity index (χ3v) is 11.4. The molecule has 0 atom stereocenters. The van der Waals surface area contributed by atoms with Crippen LogP contribution in [-0.2, 0) is 5.41 Å². The molecular weight excluding hydrogens is 563 g/mol. The highest BCUT2D eigenvalue weighted by Crippen LogP contribution is 2.51. The van der Waals surface area contributed by atoms with Crippen molar-refractivity contribution < 1.29 is 0 Å². The molecule has 0 amide bonds. The Labute approximate surface area is 265 Å². The van der Waals surface area contributed by atoms with Crippen LogP contribution in [0.25, 0.3) is 80.7 Å². The fraction of sp³-hybridized carbons (Fsp3) is 0.0698. The second-order valence-electron chi connectivity index (χ2n) is 12.9. The summed E-state index contributed by atoms with van der Waals surface area (Å²) in [4.78, 5) is 0. The fourth-order valence-electron chi connectivity index (χ4n) is 8.09. The molecule has 2 aromatic heterocycles. The first-order chi connectivity index (χ1) is 22.1. The number of aromatic nitrogens is 1. The normalized spacial score (nSPS) is 13.7. The molecule has 2 heteroatoms. The summed E-state index contributed by atoms with van der Waals surface area (Å²) in [5.74, 6) is 0. The van der Waals surface area contributed by atoms with Crippen molar-refractivity contribution in [3.8, 4) is 27.9 Å². The fourth-order valence-corrected chi connectivity index (χ4v) is 9.35. The summed E-state index contributed by atoms with van der Waals surface area (Å²) in [6.07, 6.45) is 0. The quantitative estimate of drug-likeness (QED) is 0.188. The number of thiophene rings is 1. The predicted molar refractivity (Wildman–Crippen MR) is 194 cm³/mol. The summed E-state index contributed by atoms with van der Waals surface area (Å²) in [7, 11) is 0. The summed E-state index contributed by atoms with van der Waals surface area (Å²) in [6, 6.07) is 51.8. The van der Waals surface area contributed by atoms with E-state index in [2.05, 4.69) is 158 Å². The van der Waals surface area contributed by atoms with Gasteiger partial charge in [0.15, 0.2) is 0 Å². The third-order valence-electron chi connectivity index (χ3n) is 10.2. The Bertz CT molecular complexity index is 2670. The zero-order valence-corrected chi connectivity index (χ0v) is 26.0. The van der Waals surface area contributed by atoms with Crippen molar-refractivity contribution >= 4 is 64.1 Å².